The zero-order valence-corrected chi connectivity index (χ0v) is 16.6. The number of nitrogens with zero attached hydrogens (tertiary/aromatic N) is 3. The SMILES string of the molecule is Cc1nn(-c2ccccc2)c2nc3c(c(-c4cccc(Cl)c4)c12)S(=O)(=O)CC3. The fourth-order valence-electron chi connectivity index (χ4n) is 3.85. The molecule has 4 aromatic rings. The van der Waals surface area contributed by atoms with Crippen molar-refractivity contribution in [2.24, 2.45) is 0 Å². The summed E-state index contributed by atoms with van der Waals surface area (Å²) in [6, 6.07) is 17.0. The van der Waals surface area contributed by atoms with Gasteiger partial charge < -0.3 is 0 Å². The molecule has 2 aromatic heterocycles. The Morgan fingerprint density at radius 3 is 2.61 bits per heavy atom. The lowest BCUT2D eigenvalue weighted by Crippen LogP contribution is -2.03. The Bertz CT molecular complexity index is 1350. The Labute approximate surface area is 167 Å². The van der Waals surface area contributed by atoms with Crippen LogP contribution in [0.2, 0.25) is 5.02 Å². The highest BCUT2D eigenvalue weighted by Gasteiger charge is 2.34. The second-order valence-corrected chi connectivity index (χ2v) is 9.36. The molecule has 0 bridgehead atoms. The fraction of sp³-hybridized carbons (Fsp3) is 0.143. The Kier molecular flexibility index (Phi) is 3.82. The summed E-state index contributed by atoms with van der Waals surface area (Å²) in [4.78, 5) is 5.06. The van der Waals surface area contributed by atoms with Gasteiger partial charge in [-0.25, -0.2) is 18.1 Å². The minimum Gasteiger partial charge on any atom is -0.232 e. The molecule has 140 valence electrons. The van der Waals surface area contributed by atoms with E-state index in [0.29, 0.717) is 33.2 Å². The van der Waals surface area contributed by atoms with Gasteiger partial charge in [-0.2, -0.15) is 5.10 Å². The van der Waals surface area contributed by atoms with Gasteiger partial charge in [0, 0.05) is 17.0 Å². The molecule has 2 aromatic carbocycles. The van der Waals surface area contributed by atoms with Crippen molar-refractivity contribution in [2.75, 3.05) is 5.75 Å². The summed E-state index contributed by atoms with van der Waals surface area (Å²) in [6.07, 6.45) is 0.403. The average molecular weight is 410 g/mol. The molecule has 0 unspecified atom stereocenters. The maximum atomic E-state index is 12.9. The first kappa shape index (κ1) is 17.4. The van der Waals surface area contributed by atoms with Gasteiger partial charge in [-0.1, -0.05) is 41.9 Å². The van der Waals surface area contributed by atoms with Gasteiger partial charge in [0.25, 0.3) is 0 Å². The quantitative estimate of drug-likeness (QED) is 0.492. The smallest absolute Gasteiger partial charge is 0.181 e. The Hall–Kier alpha value is -2.70. The summed E-state index contributed by atoms with van der Waals surface area (Å²) in [5.41, 5.74) is 4.28. The maximum absolute atomic E-state index is 12.9. The molecule has 1 aliphatic heterocycles. The topological polar surface area (TPSA) is 64.8 Å². The van der Waals surface area contributed by atoms with Gasteiger partial charge in [-0.05, 0) is 36.8 Å². The van der Waals surface area contributed by atoms with Gasteiger partial charge in [0.15, 0.2) is 15.5 Å². The normalized spacial score (nSPS) is 15.1. The van der Waals surface area contributed by atoms with E-state index >= 15 is 0 Å². The van der Waals surface area contributed by atoms with Crippen LogP contribution in [0.15, 0.2) is 59.5 Å². The molecule has 0 saturated carbocycles. The van der Waals surface area contributed by atoms with Crippen LogP contribution < -0.4 is 0 Å². The minimum atomic E-state index is -3.40. The van der Waals surface area contributed by atoms with Crippen molar-refractivity contribution in [1.82, 2.24) is 14.8 Å². The number of hydrogen-bond donors (Lipinski definition) is 0. The van der Waals surface area contributed by atoms with Crippen LogP contribution in [0.1, 0.15) is 11.4 Å². The molecular formula is C21H16ClN3O2S. The van der Waals surface area contributed by atoms with Gasteiger partial charge >= 0.3 is 0 Å². The molecule has 0 fully saturated rings. The second-order valence-electron chi connectivity index (χ2n) is 6.87. The number of pyridine rings is 1. The number of aryl methyl sites for hydroxylation is 2. The molecule has 0 atom stereocenters. The van der Waals surface area contributed by atoms with Crippen LogP contribution in [-0.2, 0) is 16.3 Å². The van der Waals surface area contributed by atoms with E-state index in [1.54, 1.807) is 16.8 Å². The van der Waals surface area contributed by atoms with E-state index in [9.17, 15) is 8.42 Å². The fourth-order valence-corrected chi connectivity index (χ4v) is 5.75. The van der Waals surface area contributed by atoms with Crippen LogP contribution in [0, 0.1) is 6.92 Å². The molecule has 0 N–H and O–H groups in total. The van der Waals surface area contributed by atoms with Crippen LogP contribution in [0.4, 0.5) is 0 Å². The molecule has 0 radical (unpaired) electrons. The van der Waals surface area contributed by atoms with E-state index < -0.39 is 9.84 Å². The van der Waals surface area contributed by atoms with E-state index in [0.717, 1.165) is 22.3 Å². The molecule has 7 heteroatoms. The number of halogens is 1. The van der Waals surface area contributed by atoms with Crippen molar-refractivity contribution in [3.63, 3.8) is 0 Å². The lowest BCUT2D eigenvalue weighted by molar-refractivity contribution is 0.600. The Morgan fingerprint density at radius 1 is 1.07 bits per heavy atom. The van der Waals surface area contributed by atoms with E-state index in [1.807, 2.05) is 49.4 Å². The molecule has 5 nitrogen and oxygen atoms in total. The highest BCUT2D eigenvalue weighted by Crippen LogP contribution is 2.41. The molecule has 1 aliphatic rings. The lowest BCUT2D eigenvalue weighted by atomic mass is 10.0. The van der Waals surface area contributed by atoms with Crippen molar-refractivity contribution in [2.45, 2.75) is 18.2 Å². The molecule has 0 saturated heterocycles. The molecular weight excluding hydrogens is 394 g/mol. The monoisotopic (exact) mass is 409 g/mol. The number of hydrogen-bond acceptors (Lipinski definition) is 4. The first-order valence-corrected chi connectivity index (χ1v) is 10.9. The van der Waals surface area contributed by atoms with Crippen molar-refractivity contribution >= 4 is 32.5 Å². The Balaban J connectivity index is 1.95. The van der Waals surface area contributed by atoms with Gasteiger partial charge in [0.1, 0.15) is 0 Å². The summed E-state index contributed by atoms with van der Waals surface area (Å²) in [7, 11) is -3.40. The van der Waals surface area contributed by atoms with E-state index in [-0.39, 0.29) is 5.75 Å². The number of rotatable bonds is 2. The standard InChI is InChI=1S/C21H16ClN3O2S/c1-13-18-19(14-6-5-7-15(22)12-14)20-17(10-11-28(20,26)27)23-21(18)25(24-13)16-8-3-2-4-9-16/h2-9,12H,10-11H2,1H3. The first-order chi connectivity index (χ1) is 13.5. The largest absolute Gasteiger partial charge is 0.232 e. The number of sulfone groups is 1. The Morgan fingerprint density at radius 2 is 1.86 bits per heavy atom. The molecule has 5 rings (SSSR count). The van der Waals surface area contributed by atoms with Crippen LogP contribution in [0.3, 0.4) is 0 Å². The predicted molar refractivity (Wildman–Crippen MR) is 110 cm³/mol. The third kappa shape index (κ3) is 2.56. The number of benzene rings is 2. The highest BCUT2D eigenvalue weighted by atomic mass is 35.5. The molecule has 3 heterocycles. The summed E-state index contributed by atoms with van der Waals surface area (Å²) in [5, 5.41) is 5.98. The van der Waals surface area contributed by atoms with E-state index in [4.69, 9.17) is 16.6 Å². The predicted octanol–water partition coefficient (Wildman–Crippen LogP) is 4.38. The average Bonchev–Trinajstić information content (AvgIpc) is 3.18. The maximum Gasteiger partial charge on any atom is 0.181 e. The second kappa shape index (κ2) is 6.15. The molecule has 0 aliphatic carbocycles. The van der Waals surface area contributed by atoms with Crippen molar-refractivity contribution in [3.8, 4) is 16.8 Å². The van der Waals surface area contributed by atoms with Crippen molar-refractivity contribution in [3.05, 3.63) is 71.0 Å². The van der Waals surface area contributed by atoms with E-state index in [2.05, 4.69) is 5.10 Å². The van der Waals surface area contributed by atoms with Crippen molar-refractivity contribution in [1.29, 1.82) is 0 Å². The van der Waals surface area contributed by atoms with Gasteiger partial charge in [-0.3, -0.25) is 0 Å². The summed E-state index contributed by atoms with van der Waals surface area (Å²) >= 11 is 6.22. The van der Waals surface area contributed by atoms with Crippen LogP contribution in [-0.4, -0.2) is 28.9 Å². The van der Waals surface area contributed by atoms with Crippen molar-refractivity contribution < 1.29 is 8.42 Å². The zero-order chi connectivity index (χ0) is 19.5. The number of fused-ring (bicyclic) bond motifs is 2. The summed E-state index contributed by atoms with van der Waals surface area (Å²) in [5.74, 6) is 0.0767. The number of para-hydroxylation sites is 1. The molecule has 0 amide bonds. The zero-order valence-electron chi connectivity index (χ0n) is 15.1. The molecule has 0 spiro atoms. The molecule has 28 heavy (non-hydrogen) atoms. The third-order valence-corrected chi connectivity index (χ3v) is 7.09. The van der Waals surface area contributed by atoms with Crippen LogP contribution in [0.5, 0.6) is 0 Å². The minimum absolute atomic E-state index is 0.0767. The lowest BCUT2D eigenvalue weighted by Gasteiger charge is -2.11. The first-order valence-electron chi connectivity index (χ1n) is 8.92. The third-order valence-electron chi connectivity index (χ3n) is 5.05. The summed E-state index contributed by atoms with van der Waals surface area (Å²) in [6.45, 7) is 1.88. The van der Waals surface area contributed by atoms with Crippen LogP contribution >= 0.6 is 11.6 Å². The van der Waals surface area contributed by atoms with E-state index in [1.165, 1.54) is 0 Å². The van der Waals surface area contributed by atoms with Gasteiger partial charge in [0.05, 0.1) is 33.1 Å². The number of aromatic nitrogens is 3. The van der Waals surface area contributed by atoms with Gasteiger partial charge in [-0.15, -0.1) is 0 Å². The highest BCUT2D eigenvalue weighted by molar-refractivity contribution is 7.91. The van der Waals surface area contributed by atoms with Crippen LogP contribution in [0.25, 0.3) is 27.8 Å². The summed E-state index contributed by atoms with van der Waals surface area (Å²) < 4.78 is 27.5. The van der Waals surface area contributed by atoms with Gasteiger partial charge in [0.2, 0.25) is 0 Å².